The van der Waals surface area contributed by atoms with Crippen LogP contribution in [0.4, 0.5) is 0 Å². The summed E-state index contributed by atoms with van der Waals surface area (Å²) in [4.78, 5) is 0. The Bertz CT molecular complexity index is 1760. The zero-order valence-corrected chi connectivity index (χ0v) is 39.7. The zero-order chi connectivity index (χ0) is 55.8. The van der Waals surface area contributed by atoms with E-state index in [9.17, 15) is 112 Å². The molecule has 0 spiro atoms. The number of aliphatic hydroxyl groups is 22. The van der Waals surface area contributed by atoms with E-state index in [4.69, 9.17) is 61.6 Å². The summed E-state index contributed by atoms with van der Waals surface area (Å²) in [5.41, 5.74) is 0. The van der Waals surface area contributed by atoms with Crippen LogP contribution in [0.3, 0.4) is 0 Å². The van der Waals surface area contributed by atoms with E-state index in [-0.39, 0.29) is 0 Å². The van der Waals surface area contributed by atoms with Crippen molar-refractivity contribution in [3.05, 3.63) is 0 Å². The van der Waals surface area contributed by atoms with Crippen LogP contribution in [0, 0.1) is 0 Å². The van der Waals surface area contributed by atoms with Gasteiger partial charge < -0.3 is 174 Å². The molecule has 0 radical (unpaired) electrons. The topological polar surface area (TPSA) is 565 Å². The van der Waals surface area contributed by atoms with Crippen LogP contribution < -0.4 is 0 Å². The molecule has 7 saturated heterocycles. The summed E-state index contributed by atoms with van der Waals surface area (Å²) in [5, 5.41) is 236. The van der Waals surface area contributed by atoms with E-state index >= 15 is 0 Å². The second-order valence-corrected chi connectivity index (χ2v) is 19.1. The minimum absolute atomic E-state index is 0.751. The van der Waals surface area contributed by atoms with Crippen molar-refractivity contribution in [1.82, 2.24) is 0 Å². The molecular weight excluding hydrogens is 1050 g/mol. The highest BCUT2D eigenvalue weighted by atomic mass is 16.8. The van der Waals surface area contributed by atoms with Gasteiger partial charge in [-0.1, -0.05) is 0 Å². The highest BCUT2D eigenvalue weighted by molar-refractivity contribution is 5.01. The minimum Gasteiger partial charge on any atom is -0.394 e. The summed E-state index contributed by atoms with van der Waals surface area (Å²) in [5.74, 6) is 0. The van der Waals surface area contributed by atoms with Crippen LogP contribution >= 0.6 is 0 Å². The van der Waals surface area contributed by atoms with E-state index in [2.05, 4.69) is 0 Å². The van der Waals surface area contributed by atoms with Gasteiger partial charge in [0.2, 0.25) is 0 Å². The summed E-state index contributed by atoms with van der Waals surface area (Å²) in [7, 11) is 0. The van der Waals surface area contributed by atoms with Crippen LogP contribution in [-0.2, 0) is 61.6 Å². The molecule has 0 amide bonds. The van der Waals surface area contributed by atoms with Gasteiger partial charge in [0.05, 0.1) is 46.2 Å². The molecule has 0 saturated carbocycles. The number of hydrogen-bond donors (Lipinski definition) is 22. The standard InChI is InChI=1S/C41H70O35/c42-1-9-16(50)22(56)26(60)37(66-9)74-32-24(58)18(52)11(3-44)68-39(32)72-30-20(54)14(6-47)70-41(33(30)75-36-25(59)15(49)8(48)7-64-36)73-31-21(55)13(5-46)69-40(71-29-19(53)12(4-45)65-35(63)28(29)62)34(31)76-38-27(61)23(57)17(51)10(2-43)67-38/h8-63H,1-7H2/t8-,9-,10-,11-,12-,13-,14-,15+,16-,17-,18-,19-,20-,21-,22+,23+,24+,25-,26-,27-,28+,29+,30+,31+,32+,33+,34+,35+,36+,37+,38+,39-,40-,41-/m1/s1. The molecule has 7 aliphatic rings. The number of rotatable bonds is 18. The van der Waals surface area contributed by atoms with Crippen LogP contribution in [0.25, 0.3) is 0 Å². The van der Waals surface area contributed by atoms with Crippen molar-refractivity contribution in [2.45, 2.75) is 209 Å². The SMILES string of the molecule is OC[C@H]1O[C@@H](O[C@@H]2[C@@H](O[C@H]3[C@H](O)[C@@H](CO)O[C@H](O[C@H]4[C@H](O)[C@@H](CO)O[C@H](O[C@@H]5[C@H](O)[C@@H](O)O[C@H](CO)[C@H]5O)[C@H]4O[C@@H]4O[C@H](CO)[C@@H](O)[C@H](O)[C@H]4O)[C@H]3O[C@@H]3OC[C@@H](O)[C@H](O)[C@H]3O)O[C@H](CO)[C@@H](O)[C@@H]2O)[C@H](O)[C@@H](O)[C@@H]1O. The molecule has 34 atom stereocenters. The molecule has 76 heavy (non-hydrogen) atoms. The van der Waals surface area contributed by atoms with Gasteiger partial charge in [0.1, 0.15) is 165 Å². The highest BCUT2D eigenvalue weighted by Gasteiger charge is 2.60. The lowest BCUT2D eigenvalue weighted by Crippen LogP contribution is -2.70. The van der Waals surface area contributed by atoms with Crippen molar-refractivity contribution in [2.24, 2.45) is 0 Å². The smallest absolute Gasteiger partial charge is 0.187 e. The van der Waals surface area contributed by atoms with E-state index in [0.29, 0.717) is 0 Å². The van der Waals surface area contributed by atoms with Gasteiger partial charge in [-0.25, -0.2) is 0 Å². The van der Waals surface area contributed by atoms with E-state index in [1.54, 1.807) is 0 Å². The Kier molecular flexibility index (Phi) is 21.8. The van der Waals surface area contributed by atoms with Gasteiger partial charge in [-0.2, -0.15) is 0 Å². The van der Waals surface area contributed by atoms with Gasteiger partial charge >= 0.3 is 0 Å². The Balaban J connectivity index is 1.30. The minimum atomic E-state index is -2.36. The zero-order valence-electron chi connectivity index (χ0n) is 39.7. The first-order valence-electron chi connectivity index (χ1n) is 24.1. The number of hydrogen-bond acceptors (Lipinski definition) is 35. The normalized spacial score (nSPS) is 53.6. The van der Waals surface area contributed by atoms with Gasteiger partial charge in [0.25, 0.3) is 0 Å². The van der Waals surface area contributed by atoms with Gasteiger partial charge in [-0.3, -0.25) is 0 Å². The van der Waals surface area contributed by atoms with E-state index in [0.717, 1.165) is 0 Å². The van der Waals surface area contributed by atoms with Crippen molar-refractivity contribution in [3.63, 3.8) is 0 Å². The Hall–Kier alpha value is -1.40. The van der Waals surface area contributed by atoms with Crippen LogP contribution in [0.5, 0.6) is 0 Å². The Morgan fingerprint density at radius 1 is 0.250 bits per heavy atom. The molecule has 0 unspecified atom stereocenters. The Labute approximate surface area is 428 Å². The predicted octanol–water partition coefficient (Wildman–Crippen LogP) is -15.6. The maximum absolute atomic E-state index is 12.0. The lowest BCUT2D eigenvalue weighted by atomic mass is 9.94. The second kappa shape index (κ2) is 26.7. The van der Waals surface area contributed by atoms with Crippen molar-refractivity contribution in [2.75, 3.05) is 46.2 Å². The largest absolute Gasteiger partial charge is 0.394 e. The predicted molar refractivity (Wildman–Crippen MR) is 226 cm³/mol. The van der Waals surface area contributed by atoms with Gasteiger partial charge in [0, 0.05) is 0 Å². The average molecular weight is 1120 g/mol. The molecule has 35 nitrogen and oxygen atoms in total. The third kappa shape index (κ3) is 12.6. The van der Waals surface area contributed by atoms with E-state index < -0.39 is 255 Å². The first-order valence-corrected chi connectivity index (χ1v) is 24.1. The maximum atomic E-state index is 12.0. The van der Waals surface area contributed by atoms with Gasteiger partial charge in [0.15, 0.2) is 44.0 Å². The summed E-state index contributed by atoms with van der Waals surface area (Å²) >= 11 is 0. The van der Waals surface area contributed by atoms with E-state index in [1.807, 2.05) is 0 Å². The third-order valence-electron chi connectivity index (χ3n) is 14.2. The molecule has 35 heteroatoms. The lowest BCUT2D eigenvalue weighted by Gasteiger charge is -2.52. The van der Waals surface area contributed by atoms with Crippen molar-refractivity contribution >= 4 is 0 Å². The third-order valence-corrected chi connectivity index (χ3v) is 14.2. The molecule has 0 aromatic heterocycles. The maximum Gasteiger partial charge on any atom is 0.187 e. The fourth-order valence-corrected chi connectivity index (χ4v) is 9.63. The quantitative estimate of drug-likeness (QED) is 0.0606. The van der Waals surface area contributed by atoms with Crippen LogP contribution in [0.2, 0.25) is 0 Å². The Morgan fingerprint density at radius 2 is 0.553 bits per heavy atom. The molecule has 22 N–H and O–H groups in total. The van der Waals surface area contributed by atoms with Crippen LogP contribution in [0.1, 0.15) is 0 Å². The molecule has 7 aliphatic heterocycles. The van der Waals surface area contributed by atoms with Crippen molar-refractivity contribution in [3.8, 4) is 0 Å². The average Bonchev–Trinajstić information content (AvgIpc) is 3.42. The molecule has 0 aliphatic carbocycles. The fourth-order valence-electron chi connectivity index (χ4n) is 9.63. The van der Waals surface area contributed by atoms with Crippen molar-refractivity contribution in [1.29, 1.82) is 0 Å². The first kappa shape index (κ1) is 62.2. The second-order valence-electron chi connectivity index (χ2n) is 19.1. The fraction of sp³-hybridized carbons (Fsp3) is 1.00. The molecular formula is C41H70O35. The molecule has 444 valence electrons. The lowest BCUT2D eigenvalue weighted by molar-refractivity contribution is -0.422. The van der Waals surface area contributed by atoms with Crippen LogP contribution in [0.15, 0.2) is 0 Å². The molecule has 7 rings (SSSR count). The summed E-state index contributed by atoms with van der Waals surface area (Å²) in [6, 6.07) is 0. The Morgan fingerprint density at radius 3 is 0.987 bits per heavy atom. The van der Waals surface area contributed by atoms with E-state index in [1.165, 1.54) is 0 Å². The first-order chi connectivity index (χ1) is 36.0. The summed E-state index contributed by atoms with van der Waals surface area (Å²) in [6.07, 6.45) is -70.7. The summed E-state index contributed by atoms with van der Waals surface area (Å²) < 4.78 is 75.1. The molecule has 0 aromatic carbocycles. The van der Waals surface area contributed by atoms with Gasteiger partial charge in [-0.15, -0.1) is 0 Å². The number of ether oxygens (including phenoxy) is 13. The molecule has 7 heterocycles. The summed E-state index contributed by atoms with van der Waals surface area (Å²) in [6.45, 7) is -7.11. The van der Waals surface area contributed by atoms with Crippen molar-refractivity contribution < 1.29 is 174 Å². The molecule has 0 bridgehead atoms. The number of aliphatic hydroxyl groups excluding tert-OH is 22. The monoisotopic (exact) mass is 1120 g/mol. The highest BCUT2D eigenvalue weighted by Crippen LogP contribution is 2.39. The molecule has 0 aromatic rings. The molecule has 7 fully saturated rings. The van der Waals surface area contributed by atoms with Gasteiger partial charge in [-0.05, 0) is 0 Å². The van der Waals surface area contributed by atoms with Crippen LogP contribution in [-0.4, -0.2) is 367 Å².